The average molecular weight is 334 g/mol. The van der Waals surface area contributed by atoms with Crippen LogP contribution in [0.2, 0.25) is 5.02 Å². The highest BCUT2D eigenvalue weighted by molar-refractivity contribution is 7.99. The number of benzene rings is 1. The van der Waals surface area contributed by atoms with E-state index in [0.29, 0.717) is 10.8 Å². The molecule has 0 amide bonds. The van der Waals surface area contributed by atoms with Crippen LogP contribution in [0.25, 0.3) is 11.4 Å². The number of hydrogen-bond acceptors (Lipinski definition) is 5. The summed E-state index contributed by atoms with van der Waals surface area (Å²) in [4.78, 5) is 3.20. The molecular formula is C14H12ClN5OS. The molecule has 1 aliphatic rings. The van der Waals surface area contributed by atoms with Gasteiger partial charge in [-0.15, -0.1) is 10.2 Å². The summed E-state index contributed by atoms with van der Waals surface area (Å²) in [5.41, 5.74) is 5.23. The Kier molecular flexibility index (Phi) is 3.24. The normalized spacial score (nSPS) is 16.4. The highest BCUT2D eigenvalue weighted by Crippen LogP contribution is 2.40. The molecule has 1 unspecified atom stereocenters. The summed E-state index contributed by atoms with van der Waals surface area (Å²) < 4.78 is 7.12. The van der Waals surface area contributed by atoms with E-state index < -0.39 is 0 Å². The summed E-state index contributed by atoms with van der Waals surface area (Å²) in [6, 6.07) is 9.46. The summed E-state index contributed by atoms with van der Waals surface area (Å²) in [6.07, 6.45) is 1.90. The number of H-pyrrole nitrogens is 1. The molecule has 8 heteroatoms. The summed E-state index contributed by atoms with van der Waals surface area (Å²) in [7, 11) is 1.62. The van der Waals surface area contributed by atoms with Crippen molar-refractivity contribution in [2.24, 2.45) is 0 Å². The van der Waals surface area contributed by atoms with Gasteiger partial charge in [-0.05, 0) is 30.3 Å². The molecule has 0 saturated heterocycles. The van der Waals surface area contributed by atoms with Crippen LogP contribution in [0.5, 0.6) is 5.75 Å². The molecule has 3 aromatic rings. The highest BCUT2D eigenvalue weighted by atomic mass is 35.5. The largest absolute Gasteiger partial charge is 0.497 e. The number of thioether (sulfide) groups is 1. The second-order valence-electron chi connectivity index (χ2n) is 4.74. The molecule has 0 bridgehead atoms. The van der Waals surface area contributed by atoms with E-state index in [1.807, 2.05) is 35.1 Å². The van der Waals surface area contributed by atoms with Crippen LogP contribution in [-0.4, -0.2) is 27.0 Å². The van der Waals surface area contributed by atoms with Crippen LogP contribution in [-0.2, 0) is 0 Å². The number of ether oxygens (including phenoxy) is 1. The summed E-state index contributed by atoms with van der Waals surface area (Å²) in [6.45, 7) is 0. The number of methoxy groups -OCH3 is 1. The molecule has 22 heavy (non-hydrogen) atoms. The Labute approximate surface area is 135 Å². The van der Waals surface area contributed by atoms with Crippen LogP contribution in [0.3, 0.4) is 0 Å². The molecule has 0 radical (unpaired) electrons. The van der Waals surface area contributed by atoms with E-state index in [2.05, 4.69) is 20.6 Å². The molecule has 0 fully saturated rings. The van der Waals surface area contributed by atoms with Gasteiger partial charge in [0, 0.05) is 17.5 Å². The Balaban J connectivity index is 1.73. The van der Waals surface area contributed by atoms with Gasteiger partial charge >= 0.3 is 0 Å². The standard InChI is InChI=1S/C14H12ClN5OS/c1-21-8-4-5-10(15)9(7-8)12-17-18-14-20(12)19-13(22-14)11-3-2-6-16-11/h2-7,13,16,19H,1H3. The van der Waals surface area contributed by atoms with Crippen molar-refractivity contribution in [3.63, 3.8) is 0 Å². The molecule has 1 atom stereocenters. The Morgan fingerprint density at radius 3 is 3.00 bits per heavy atom. The number of nitrogens with one attached hydrogen (secondary N) is 2. The molecule has 0 aliphatic carbocycles. The van der Waals surface area contributed by atoms with Gasteiger partial charge in [0.1, 0.15) is 11.1 Å². The minimum absolute atomic E-state index is 0.0728. The Morgan fingerprint density at radius 2 is 2.23 bits per heavy atom. The molecule has 0 spiro atoms. The maximum absolute atomic E-state index is 6.30. The van der Waals surface area contributed by atoms with E-state index in [4.69, 9.17) is 16.3 Å². The topological polar surface area (TPSA) is 67.8 Å². The SMILES string of the molecule is COc1ccc(Cl)c(-c2nnc3n2NC(c2ccc[nH]2)S3)c1. The van der Waals surface area contributed by atoms with Crippen LogP contribution in [0.1, 0.15) is 11.1 Å². The molecule has 1 aromatic carbocycles. The van der Waals surface area contributed by atoms with Crippen molar-refractivity contribution in [1.29, 1.82) is 0 Å². The third-order valence-corrected chi connectivity index (χ3v) is 4.82. The van der Waals surface area contributed by atoms with Crippen molar-refractivity contribution >= 4 is 23.4 Å². The van der Waals surface area contributed by atoms with Gasteiger partial charge in [0.15, 0.2) is 5.82 Å². The van der Waals surface area contributed by atoms with E-state index in [9.17, 15) is 0 Å². The maximum atomic E-state index is 6.30. The van der Waals surface area contributed by atoms with Gasteiger partial charge in [-0.2, -0.15) is 0 Å². The van der Waals surface area contributed by atoms with Crippen molar-refractivity contribution in [1.82, 2.24) is 19.9 Å². The molecule has 3 heterocycles. The van der Waals surface area contributed by atoms with Gasteiger partial charge in [-0.1, -0.05) is 23.4 Å². The monoisotopic (exact) mass is 333 g/mol. The lowest BCUT2D eigenvalue weighted by Gasteiger charge is -2.11. The van der Waals surface area contributed by atoms with E-state index in [-0.39, 0.29) is 5.37 Å². The highest BCUT2D eigenvalue weighted by Gasteiger charge is 2.29. The summed E-state index contributed by atoms with van der Waals surface area (Å²) in [5.74, 6) is 1.39. The number of aromatic nitrogens is 4. The quantitative estimate of drug-likeness (QED) is 0.770. The summed E-state index contributed by atoms with van der Waals surface area (Å²) in [5, 5.41) is 9.94. The molecule has 2 aromatic heterocycles. The van der Waals surface area contributed by atoms with Gasteiger partial charge in [0.2, 0.25) is 5.16 Å². The van der Waals surface area contributed by atoms with Crippen molar-refractivity contribution < 1.29 is 4.74 Å². The second kappa shape index (κ2) is 5.26. The molecule has 4 rings (SSSR count). The smallest absolute Gasteiger partial charge is 0.212 e. The van der Waals surface area contributed by atoms with E-state index >= 15 is 0 Å². The van der Waals surface area contributed by atoms with Crippen LogP contribution < -0.4 is 10.2 Å². The fraction of sp³-hybridized carbons (Fsp3) is 0.143. The zero-order valence-corrected chi connectivity index (χ0v) is 13.1. The van der Waals surface area contributed by atoms with Gasteiger partial charge in [0.25, 0.3) is 0 Å². The average Bonchev–Trinajstić information content (AvgIpc) is 3.24. The predicted octanol–water partition coefficient (Wildman–Crippen LogP) is 3.28. The minimum Gasteiger partial charge on any atom is -0.497 e. The molecule has 2 N–H and O–H groups in total. The van der Waals surface area contributed by atoms with Crippen LogP contribution in [0, 0.1) is 0 Å². The first-order chi connectivity index (χ1) is 10.8. The van der Waals surface area contributed by atoms with Crippen LogP contribution in [0.15, 0.2) is 41.7 Å². The van der Waals surface area contributed by atoms with Gasteiger partial charge in [-0.25, -0.2) is 4.68 Å². The zero-order valence-electron chi connectivity index (χ0n) is 11.6. The first-order valence-electron chi connectivity index (χ1n) is 6.62. The maximum Gasteiger partial charge on any atom is 0.212 e. The minimum atomic E-state index is 0.0728. The number of fused-ring (bicyclic) bond motifs is 1. The van der Waals surface area contributed by atoms with Gasteiger partial charge in [0.05, 0.1) is 12.1 Å². The van der Waals surface area contributed by atoms with Gasteiger partial charge in [-0.3, -0.25) is 0 Å². The van der Waals surface area contributed by atoms with Crippen molar-refractivity contribution in [2.75, 3.05) is 12.5 Å². The molecule has 6 nitrogen and oxygen atoms in total. The fourth-order valence-corrected chi connectivity index (χ4v) is 3.51. The first-order valence-corrected chi connectivity index (χ1v) is 7.88. The Morgan fingerprint density at radius 1 is 1.32 bits per heavy atom. The van der Waals surface area contributed by atoms with Crippen LogP contribution >= 0.6 is 23.4 Å². The lowest BCUT2D eigenvalue weighted by atomic mass is 10.2. The zero-order chi connectivity index (χ0) is 15.1. The lowest BCUT2D eigenvalue weighted by Crippen LogP contribution is -2.14. The van der Waals surface area contributed by atoms with E-state index in [1.54, 1.807) is 24.9 Å². The molecular weight excluding hydrogens is 322 g/mol. The molecule has 1 aliphatic heterocycles. The molecule has 0 saturated carbocycles. The van der Waals surface area contributed by atoms with Crippen LogP contribution in [0.4, 0.5) is 0 Å². The molecule has 112 valence electrons. The first kappa shape index (κ1) is 13.5. The predicted molar refractivity (Wildman–Crippen MR) is 85.8 cm³/mol. The van der Waals surface area contributed by atoms with E-state index in [1.165, 1.54) is 0 Å². The Hall–Kier alpha value is -2.12. The number of rotatable bonds is 3. The second-order valence-corrected chi connectivity index (χ2v) is 6.22. The Bertz CT molecular complexity index is 817. The third-order valence-electron chi connectivity index (χ3n) is 3.42. The third kappa shape index (κ3) is 2.13. The van der Waals surface area contributed by atoms with E-state index in [0.717, 1.165) is 22.2 Å². The number of hydrogen-bond donors (Lipinski definition) is 2. The van der Waals surface area contributed by atoms with Crippen molar-refractivity contribution in [3.8, 4) is 17.1 Å². The number of aromatic amines is 1. The van der Waals surface area contributed by atoms with Gasteiger partial charge < -0.3 is 15.1 Å². The number of halogens is 1. The number of nitrogens with zero attached hydrogens (tertiary/aromatic N) is 3. The van der Waals surface area contributed by atoms with Crippen molar-refractivity contribution in [3.05, 3.63) is 47.2 Å². The summed E-state index contributed by atoms with van der Waals surface area (Å²) >= 11 is 7.90. The lowest BCUT2D eigenvalue weighted by molar-refractivity contribution is 0.415. The van der Waals surface area contributed by atoms with Crippen molar-refractivity contribution in [2.45, 2.75) is 10.5 Å². The fourth-order valence-electron chi connectivity index (χ4n) is 2.33.